The van der Waals surface area contributed by atoms with Gasteiger partial charge in [0.15, 0.2) is 0 Å². The Bertz CT molecular complexity index is 643. The van der Waals surface area contributed by atoms with Crippen LogP contribution in [0.3, 0.4) is 0 Å². The van der Waals surface area contributed by atoms with Gasteiger partial charge in [0.1, 0.15) is 0 Å². The number of carbonyl (C=O) groups excluding carboxylic acids is 2. The molecule has 122 valence electrons. The third-order valence-electron chi connectivity index (χ3n) is 2.94. The molecule has 0 radical (unpaired) electrons. The highest BCUT2D eigenvalue weighted by atomic mass is 32.1. The number of hydrogen-bond acceptors (Lipinski definition) is 4. The van der Waals surface area contributed by atoms with E-state index < -0.39 is 0 Å². The molecule has 6 nitrogen and oxygen atoms in total. The smallest absolute Gasteiger partial charge is 0.324 e. The van der Waals surface area contributed by atoms with Gasteiger partial charge in [-0.15, -0.1) is 11.3 Å². The molecule has 0 saturated carbocycles. The van der Waals surface area contributed by atoms with E-state index >= 15 is 0 Å². The number of hydrogen-bond donors (Lipinski definition) is 4. The fraction of sp³-hybridized carbons (Fsp3) is 0.250. The summed E-state index contributed by atoms with van der Waals surface area (Å²) in [4.78, 5) is 24.4. The van der Waals surface area contributed by atoms with E-state index in [1.54, 1.807) is 24.3 Å². The molecule has 3 amide bonds. The average Bonchev–Trinajstić information content (AvgIpc) is 3.00. The number of nitrogens with one attached hydrogen (secondary N) is 4. The molecule has 1 heterocycles. The van der Waals surface area contributed by atoms with Gasteiger partial charge in [-0.3, -0.25) is 10.1 Å². The zero-order valence-electron chi connectivity index (χ0n) is 12.9. The van der Waals surface area contributed by atoms with Crippen molar-refractivity contribution >= 4 is 34.0 Å². The van der Waals surface area contributed by atoms with Gasteiger partial charge in [0.25, 0.3) is 5.91 Å². The number of anilines is 2. The van der Waals surface area contributed by atoms with Crippen molar-refractivity contribution < 1.29 is 9.59 Å². The van der Waals surface area contributed by atoms with Gasteiger partial charge in [-0.1, -0.05) is 25.1 Å². The summed E-state index contributed by atoms with van der Waals surface area (Å²) >= 11 is 1.24. The maximum atomic E-state index is 11.9. The van der Waals surface area contributed by atoms with Gasteiger partial charge in [0.2, 0.25) is 0 Å². The van der Waals surface area contributed by atoms with Gasteiger partial charge in [-0.25, -0.2) is 4.79 Å². The molecule has 2 rings (SSSR count). The fourth-order valence-electron chi connectivity index (χ4n) is 1.85. The minimum absolute atomic E-state index is 0.135. The third kappa shape index (κ3) is 5.72. The zero-order valence-corrected chi connectivity index (χ0v) is 13.7. The van der Waals surface area contributed by atoms with Crippen LogP contribution in [0, 0.1) is 0 Å². The van der Waals surface area contributed by atoms with Crippen LogP contribution in [-0.2, 0) is 0 Å². The van der Waals surface area contributed by atoms with Crippen LogP contribution in [-0.4, -0.2) is 31.6 Å². The number of benzene rings is 1. The molecular formula is C16H20N4O2S. The van der Waals surface area contributed by atoms with Crippen molar-refractivity contribution in [2.45, 2.75) is 6.92 Å². The summed E-state index contributed by atoms with van der Waals surface area (Å²) in [7, 11) is 0. The lowest BCUT2D eigenvalue weighted by atomic mass is 10.3. The van der Waals surface area contributed by atoms with E-state index in [1.165, 1.54) is 11.3 Å². The van der Waals surface area contributed by atoms with Crippen molar-refractivity contribution in [3.8, 4) is 0 Å². The van der Waals surface area contributed by atoms with E-state index in [9.17, 15) is 9.59 Å². The van der Waals surface area contributed by atoms with Crippen LogP contribution in [0.1, 0.15) is 16.6 Å². The zero-order chi connectivity index (χ0) is 16.5. The number of carbonyl (C=O) groups is 2. The molecule has 0 aliphatic rings. The molecule has 0 spiro atoms. The van der Waals surface area contributed by atoms with Crippen LogP contribution < -0.4 is 21.3 Å². The number of thiophene rings is 1. The molecular weight excluding hydrogens is 312 g/mol. The van der Waals surface area contributed by atoms with E-state index in [4.69, 9.17) is 0 Å². The highest BCUT2D eigenvalue weighted by Crippen LogP contribution is 2.22. The van der Waals surface area contributed by atoms with Crippen molar-refractivity contribution in [1.82, 2.24) is 10.6 Å². The third-order valence-corrected chi connectivity index (χ3v) is 3.93. The monoisotopic (exact) mass is 332 g/mol. The number of amides is 3. The first-order chi connectivity index (χ1) is 11.2. The van der Waals surface area contributed by atoms with Gasteiger partial charge in [-0.2, -0.15) is 0 Å². The maximum Gasteiger partial charge on any atom is 0.324 e. The molecule has 1 aromatic heterocycles. The molecule has 1 aromatic carbocycles. The minimum atomic E-state index is -0.336. The largest absolute Gasteiger partial charge is 0.350 e. The lowest BCUT2D eigenvalue weighted by molar-refractivity contribution is 0.0958. The van der Waals surface area contributed by atoms with Crippen LogP contribution in [0.5, 0.6) is 0 Å². The molecule has 0 saturated heterocycles. The summed E-state index contributed by atoms with van der Waals surface area (Å²) in [6, 6.07) is 12.3. The van der Waals surface area contributed by atoms with Gasteiger partial charge >= 0.3 is 6.03 Å². The second-order valence-electron chi connectivity index (χ2n) is 4.72. The quantitative estimate of drug-likeness (QED) is 0.588. The average molecular weight is 332 g/mol. The summed E-state index contributed by atoms with van der Waals surface area (Å²) < 4.78 is 0. The molecule has 4 N–H and O–H groups in total. The first-order valence-corrected chi connectivity index (χ1v) is 8.22. The van der Waals surface area contributed by atoms with Crippen LogP contribution >= 0.6 is 11.3 Å². The molecule has 0 bridgehead atoms. The molecule has 0 aliphatic heterocycles. The number of para-hydroxylation sites is 1. The van der Waals surface area contributed by atoms with Gasteiger partial charge in [-0.05, 0) is 30.8 Å². The van der Waals surface area contributed by atoms with E-state index in [0.29, 0.717) is 22.1 Å². The first kappa shape index (κ1) is 17.0. The highest BCUT2D eigenvalue weighted by molar-refractivity contribution is 7.18. The Kier molecular flexibility index (Phi) is 6.58. The van der Waals surface area contributed by atoms with Crippen molar-refractivity contribution in [3.05, 3.63) is 47.3 Å². The Morgan fingerprint density at radius 3 is 2.52 bits per heavy atom. The molecule has 23 heavy (non-hydrogen) atoms. The van der Waals surface area contributed by atoms with Gasteiger partial charge < -0.3 is 16.0 Å². The number of urea groups is 1. The molecule has 0 unspecified atom stereocenters. The Balaban J connectivity index is 1.82. The van der Waals surface area contributed by atoms with Gasteiger partial charge in [0, 0.05) is 18.8 Å². The SMILES string of the molecule is CCNCCNC(=O)c1ccc(NC(=O)Nc2ccccc2)s1. The van der Waals surface area contributed by atoms with Crippen LogP contribution in [0.4, 0.5) is 15.5 Å². The topological polar surface area (TPSA) is 82.3 Å². The Morgan fingerprint density at radius 2 is 1.78 bits per heavy atom. The summed E-state index contributed by atoms with van der Waals surface area (Å²) in [5.74, 6) is -0.135. The molecule has 0 fully saturated rings. The van der Waals surface area contributed by atoms with Crippen molar-refractivity contribution in [2.24, 2.45) is 0 Å². The standard InChI is InChI=1S/C16H20N4O2S/c1-2-17-10-11-18-15(21)13-8-9-14(23-13)20-16(22)19-12-6-4-3-5-7-12/h3-9,17H,2,10-11H2,1H3,(H,18,21)(H2,19,20,22). The predicted octanol–water partition coefficient (Wildman–Crippen LogP) is 2.73. The first-order valence-electron chi connectivity index (χ1n) is 7.41. The van der Waals surface area contributed by atoms with Crippen molar-refractivity contribution in [3.63, 3.8) is 0 Å². The molecule has 0 aliphatic carbocycles. The van der Waals surface area contributed by atoms with E-state index in [1.807, 2.05) is 25.1 Å². The summed E-state index contributed by atoms with van der Waals surface area (Å²) in [6.07, 6.45) is 0. The van der Waals surface area contributed by atoms with Gasteiger partial charge in [0.05, 0.1) is 9.88 Å². The summed E-state index contributed by atoms with van der Waals surface area (Å²) in [6.45, 7) is 4.19. The van der Waals surface area contributed by atoms with Crippen LogP contribution in [0.15, 0.2) is 42.5 Å². The van der Waals surface area contributed by atoms with E-state index in [2.05, 4.69) is 21.3 Å². The van der Waals surface area contributed by atoms with Crippen LogP contribution in [0.25, 0.3) is 0 Å². The highest BCUT2D eigenvalue weighted by Gasteiger charge is 2.10. The Hall–Kier alpha value is -2.38. The van der Waals surface area contributed by atoms with E-state index in [0.717, 1.165) is 13.1 Å². The lowest BCUT2D eigenvalue weighted by Crippen LogP contribution is -2.31. The molecule has 0 atom stereocenters. The fourth-order valence-corrected chi connectivity index (χ4v) is 2.67. The normalized spacial score (nSPS) is 10.1. The minimum Gasteiger partial charge on any atom is -0.350 e. The second kappa shape index (κ2) is 8.92. The second-order valence-corrected chi connectivity index (χ2v) is 5.80. The van der Waals surface area contributed by atoms with Crippen molar-refractivity contribution in [1.29, 1.82) is 0 Å². The maximum absolute atomic E-state index is 11.9. The predicted molar refractivity (Wildman–Crippen MR) is 94.3 cm³/mol. The molecule has 2 aromatic rings. The summed E-state index contributed by atoms with van der Waals surface area (Å²) in [5.41, 5.74) is 0.711. The number of likely N-dealkylation sites (N-methyl/N-ethyl adjacent to an activating group) is 1. The van der Waals surface area contributed by atoms with Crippen molar-refractivity contribution in [2.75, 3.05) is 30.3 Å². The Labute approximate surface area is 139 Å². The Morgan fingerprint density at radius 1 is 1.00 bits per heavy atom. The van der Waals surface area contributed by atoms with Crippen LogP contribution in [0.2, 0.25) is 0 Å². The lowest BCUT2D eigenvalue weighted by Gasteiger charge is -2.05. The number of rotatable bonds is 7. The van der Waals surface area contributed by atoms with E-state index in [-0.39, 0.29) is 11.9 Å². The summed E-state index contributed by atoms with van der Waals surface area (Å²) in [5, 5.41) is 12.0. The molecule has 7 heteroatoms.